The van der Waals surface area contributed by atoms with E-state index in [4.69, 9.17) is 32.7 Å². The van der Waals surface area contributed by atoms with Crippen molar-refractivity contribution in [3.63, 3.8) is 0 Å². The van der Waals surface area contributed by atoms with Crippen molar-refractivity contribution in [2.45, 2.75) is 44.9 Å². The van der Waals surface area contributed by atoms with Crippen LogP contribution in [0, 0.1) is 0 Å². The van der Waals surface area contributed by atoms with Gasteiger partial charge in [0.2, 0.25) is 5.91 Å². The van der Waals surface area contributed by atoms with Gasteiger partial charge in [0.25, 0.3) is 0 Å². The summed E-state index contributed by atoms with van der Waals surface area (Å²) in [6.07, 6.45) is -0.320. The smallest absolute Gasteiger partial charge is 0.410 e. The predicted octanol–water partition coefficient (Wildman–Crippen LogP) is 3.11. The molecule has 159 valence electrons. The zero-order valence-electron chi connectivity index (χ0n) is 16.3. The van der Waals surface area contributed by atoms with E-state index in [0.29, 0.717) is 21.8 Å². The van der Waals surface area contributed by atoms with E-state index in [-0.39, 0.29) is 25.1 Å². The van der Waals surface area contributed by atoms with E-state index in [1.54, 1.807) is 32.9 Å². The highest BCUT2D eigenvalue weighted by atomic mass is 35.5. The molecule has 2 amide bonds. The Morgan fingerprint density at radius 2 is 1.97 bits per heavy atom. The number of hydrogen-bond donors (Lipinski definition) is 2. The second kappa shape index (κ2) is 9.68. The molecule has 29 heavy (non-hydrogen) atoms. The third kappa shape index (κ3) is 7.09. The zero-order valence-corrected chi connectivity index (χ0v) is 18.8. The van der Waals surface area contributed by atoms with Gasteiger partial charge in [0.15, 0.2) is 15.6 Å². The Morgan fingerprint density at radius 1 is 1.28 bits per heavy atom. The number of carboxylic acids is 1. The van der Waals surface area contributed by atoms with Gasteiger partial charge in [-0.3, -0.25) is 9.69 Å². The van der Waals surface area contributed by atoms with Gasteiger partial charge in [0.05, 0.1) is 10.0 Å². The quantitative estimate of drug-likeness (QED) is 0.652. The largest absolute Gasteiger partial charge is 0.484 e. The first-order valence-electron chi connectivity index (χ1n) is 8.91. The van der Waals surface area contributed by atoms with E-state index in [0.717, 1.165) is 0 Å². The molecular formula is C18H23Cl2N2O6Si. The number of aliphatic carboxylic acids is 1. The lowest BCUT2D eigenvalue weighted by Crippen LogP contribution is -2.59. The molecule has 0 aromatic heterocycles. The number of nitrogens with one attached hydrogen (secondary N) is 1. The fourth-order valence-corrected chi connectivity index (χ4v) is 5.18. The molecule has 2 rings (SSSR count). The summed E-state index contributed by atoms with van der Waals surface area (Å²) in [7, 11) is -1.54. The SMILES string of the molecule is CC(C)(C)OC(=O)N1C[Si](NC(=O)COc2ccc(Cl)c(Cl)c2)CC[C@@H]1C(=O)O. The fourth-order valence-electron chi connectivity index (χ4n) is 2.68. The van der Waals surface area contributed by atoms with Crippen LogP contribution in [0.15, 0.2) is 18.2 Å². The zero-order chi connectivity index (χ0) is 21.8. The average Bonchev–Trinajstić information content (AvgIpc) is 2.61. The van der Waals surface area contributed by atoms with Gasteiger partial charge in [-0.25, -0.2) is 9.59 Å². The minimum absolute atomic E-state index is 0.134. The highest BCUT2D eigenvalue weighted by molar-refractivity contribution is 6.59. The van der Waals surface area contributed by atoms with Gasteiger partial charge in [0, 0.05) is 12.2 Å². The number of benzene rings is 1. The third-order valence-corrected chi connectivity index (χ3v) is 6.93. The normalized spacial score (nSPS) is 17.6. The molecule has 1 radical (unpaired) electrons. The molecule has 1 atom stereocenters. The number of nitrogens with zero attached hydrogens (tertiary/aromatic N) is 1. The Bertz CT molecular complexity index is 786. The van der Waals surface area contributed by atoms with Crippen molar-refractivity contribution in [1.82, 2.24) is 9.88 Å². The van der Waals surface area contributed by atoms with Crippen molar-refractivity contribution in [3.8, 4) is 5.75 Å². The number of carboxylic acid groups (broad SMARTS) is 1. The van der Waals surface area contributed by atoms with Crippen molar-refractivity contribution >= 4 is 50.1 Å². The van der Waals surface area contributed by atoms with Gasteiger partial charge < -0.3 is 19.6 Å². The predicted molar refractivity (Wildman–Crippen MR) is 110 cm³/mol. The number of halogens is 2. The van der Waals surface area contributed by atoms with Gasteiger partial charge in [-0.15, -0.1) is 0 Å². The molecule has 1 heterocycles. The molecule has 11 heteroatoms. The lowest BCUT2D eigenvalue weighted by molar-refractivity contribution is -0.143. The van der Waals surface area contributed by atoms with Crippen LogP contribution >= 0.6 is 23.2 Å². The third-order valence-electron chi connectivity index (χ3n) is 3.95. The highest BCUT2D eigenvalue weighted by Crippen LogP contribution is 2.26. The number of amides is 2. The first-order valence-corrected chi connectivity index (χ1v) is 11.6. The molecule has 2 N–H and O–H groups in total. The molecule has 1 aliphatic rings. The van der Waals surface area contributed by atoms with Gasteiger partial charge in [-0.1, -0.05) is 23.2 Å². The van der Waals surface area contributed by atoms with Crippen LogP contribution in [0.5, 0.6) is 5.75 Å². The minimum atomic E-state index is -1.54. The molecule has 0 bridgehead atoms. The monoisotopic (exact) mass is 461 g/mol. The summed E-state index contributed by atoms with van der Waals surface area (Å²) < 4.78 is 10.7. The lowest BCUT2D eigenvalue weighted by atomic mass is 10.2. The molecule has 1 aliphatic heterocycles. The first-order chi connectivity index (χ1) is 13.5. The van der Waals surface area contributed by atoms with Crippen molar-refractivity contribution in [2.24, 2.45) is 0 Å². The van der Waals surface area contributed by atoms with Gasteiger partial charge in [0.1, 0.15) is 17.4 Å². The Labute approximate surface area is 180 Å². The maximum Gasteiger partial charge on any atom is 0.410 e. The number of carbonyl (C=O) groups is 3. The Balaban J connectivity index is 1.94. The van der Waals surface area contributed by atoms with E-state index in [2.05, 4.69) is 4.98 Å². The Kier molecular flexibility index (Phi) is 7.78. The number of hydrogen-bond acceptors (Lipinski definition) is 5. The van der Waals surface area contributed by atoms with Gasteiger partial charge >= 0.3 is 12.1 Å². The molecule has 1 fully saturated rings. The van der Waals surface area contributed by atoms with Crippen LogP contribution in [-0.2, 0) is 14.3 Å². The van der Waals surface area contributed by atoms with Crippen molar-refractivity contribution in [2.75, 3.05) is 12.8 Å². The van der Waals surface area contributed by atoms with Crippen LogP contribution in [-0.4, -0.2) is 61.4 Å². The van der Waals surface area contributed by atoms with Gasteiger partial charge in [-0.05, 0) is 45.4 Å². The summed E-state index contributed by atoms with van der Waals surface area (Å²) in [6, 6.07) is 4.21. The molecule has 0 aliphatic carbocycles. The Hall–Kier alpha value is -1.97. The first kappa shape index (κ1) is 23.3. The number of carbonyl (C=O) groups excluding carboxylic acids is 2. The highest BCUT2D eigenvalue weighted by Gasteiger charge is 2.39. The second-order valence-electron chi connectivity index (χ2n) is 7.52. The number of rotatable bonds is 5. The molecular weight excluding hydrogens is 439 g/mol. The number of ether oxygens (including phenoxy) is 2. The van der Waals surface area contributed by atoms with Crippen LogP contribution in [0.2, 0.25) is 16.1 Å². The van der Waals surface area contributed by atoms with E-state index in [9.17, 15) is 19.5 Å². The van der Waals surface area contributed by atoms with E-state index < -0.39 is 32.7 Å². The average molecular weight is 462 g/mol. The summed E-state index contributed by atoms with van der Waals surface area (Å²) in [5, 5.41) is 10.1. The van der Waals surface area contributed by atoms with Crippen LogP contribution in [0.4, 0.5) is 4.79 Å². The molecule has 0 saturated carbocycles. The van der Waals surface area contributed by atoms with Crippen molar-refractivity contribution in [3.05, 3.63) is 28.2 Å². The second-order valence-corrected chi connectivity index (χ2v) is 10.6. The van der Waals surface area contributed by atoms with E-state index >= 15 is 0 Å². The molecule has 1 saturated heterocycles. The summed E-state index contributed by atoms with van der Waals surface area (Å²) in [4.78, 5) is 40.2. The maximum atomic E-state index is 12.4. The van der Waals surface area contributed by atoms with Crippen molar-refractivity contribution in [1.29, 1.82) is 0 Å². The van der Waals surface area contributed by atoms with Crippen molar-refractivity contribution < 1.29 is 29.0 Å². The topological polar surface area (TPSA) is 105 Å². The lowest BCUT2D eigenvalue weighted by Gasteiger charge is -2.37. The summed E-state index contributed by atoms with van der Waals surface area (Å²) in [5.41, 5.74) is -0.749. The molecule has 0 spiro atoms. The standard InChI is InChI=1S/C18H23Cl2N2O6Si/c1-18(2,3)28-17(26)22-10-29(7-6-14(22)16(24)25)21-15(23)9-27-11-4-5-12(19)13(20)8-11/h4-5,8,14H,6-7,9-10H2,1-3H3,(H,21,23)(H,24,25)/t14-/m1/s1. The maximum absolute atomic E-state index is 12.4. The van der Waals surface area contributed by atoms with Crippen LogP contribution in [0.1, 0.15) is 27.2 Å². The Morgan fingerprint density at radius 3 is 2.55 bits per heavy atom. The van der Waals surface area contributed by atoms with Crippen LogP contribution in [0.3, 0.4) is 0 Å². The summed E-state index contributed by atoms with van der Waals surface area (Å²) in [5.74, 6) is -1.05. The van der Waals surface area contributed by atoms with E-state index in [1.165, 1.54) is 11.0 Å². The van der Waals surface area contributed by atoms with Crippen LogP contribution in [0.25, 0.3) is 0 Å². The summed E-state index contributed by atoms with van der Waals surface area (Å²) in [6.45, 7) is 4.89. The minimum Gasteiger partial charge on any atom is -0.484 e. The fraction of sp³-hybridized carbons (Fsp3) is 0.500. The molecule has 8 nitrogen and oxygen atoms in total. The molecule has 1 aromatic carbocycles. The van der Waals surface area contributed by atoms with E-state index in [1.807, 2.05) is 0 Å². The van der Waals surface area contributed by atoms with Crippen LogP contribution < -0.4 is 9.72 Å². The summed E-state index contributed by atoms with van der Waals surface area (Å²) >= 11 is 11.7. The molecule has 0 unspecified atom stereocenters. The van der Waals surface area contributed by atoms with Gasteiger partial charge in [-0.2, -0.15) is 0 Å². The molecule has 1 aromatic rings.